The summed E-state index contributed by atoms with van der Waals surface area (Å²) in [5, 5.41) is 23.5. The van der Waals surface area contributed by atoms with Gasteiger partial charge < -0.3 is 9.84 Å². The van der Waals surface area contributed by atoms with Gasteiger partial charge in [0.15, 0.2) is 11.5 Å². The predicted octanol–water partition coefficient (Wildman–Crippen LogP) is 2.47. The van der Waals surface area contributed by atoms with Gasteiger partial charge in [-0.05, 0) is 0 Å². The number of aromatic nitrogens is 2. The van der Waals surface area contributed by atoms with Crippen LogP contribution >= 0.6 is 11.6 Å². The zero-order chi connectivity index (χ0) is 14.9. The summed E-state index contributed by atoms with van der Waals surface area (Å²) in [6.45, 7) is 0. The number of aromatic carboxylic acids is 1. The normalized spacial score (nSPS) is 10.3. The Hall–Kier alpha value is -2.61. The molecule has 0 atom stereocenters. The third-order valence-corrected chi connectivity index (χ3v) is 2.65. The van der Waals surface area contributed by atoms with Crippen LogP contribution in [-0.2, 0) is 7.05 Å². The molecule has 1 N–H and O–H groups in total. The smallest absolute Gasteiger partial charge is 0.339 e. The highest BCUT2D eigenvalue weighted by molar-refractivity contribution is 6.33. The molecule has 8 nitrogen and oxygen atoms in total. The number of non-ortho nitro benzene ring substituents is 1. The van der Waals surface area contributed by atoms with E-state index >= 15 is 0 Å². The molecule has 20 heavy (non-hydrogen) atoms. The number of ether oxygens (including phenoxy) is 1. The zero-order valence-electron chi connectivity index (χ0n) is 10.1. The van der Waals surface area contributed by atoms with Crippen LogP contribution in [0.5, 0.6) is 11.5 Å². The summed E-state index contributed by atoms with van der Waals surface area (Å²) in [7, 11) is 1.66. The van der Waals surface area contributed by atoms with Crippen LogP contribution in [0.4, 0.5) is 5.69 Å². The summed E-state index contributed by atoms with van der Waals surface area (Å²) in [6, 6.07) is 1.92. The number of nitrogens with zero attached hydrogens (tertiary/aromatic N) is 3. The highest BCUT2D eigenvalue weighted by Crippen LogP contribution is 2.36. The molecule has 104 valence electrons. The molecule has 0 saturated carbocycles. The number of halogens is 1. The molecule has 0 spiro atoms. The van der Waals surface area contributed by atoms with Crippen molar-refractivity contribution in [2.75, 3.05) is 0 Å². The molecule has 0 aliphatic rings. The minimum atomic E-state index is -1.38. The number of aryl methyl sites for hydroxylation is 1. The van der Waals surface area contributed by atoms with Gasteiger partial charge in [0.2, 0.25) is 0 Å². The fourth-order valence-corrected chi connectivity index (χ4v) is 1.77. The number of hydrogen-bond acceptors (Lipinski definition) is 5. The number of nitro benzene ring substituents is 1. The van der Waals surface area contributed by atoms with Crippen LogP contribution in [0.1, 0.15) is 10.4 Å². The van der Waals surface area contributed by atoms with E-state index in [2.05, 4.69) is 5.10 Å². The monoisotopic (exact) mass is 297 g/mol. The molecule has 9 heteroatoms. The molecule has 0 aliphatic carbocycles. The van der Waals surface area contributed by atoms with E-state index in [4.69, 9.17) is 21.4 Å². The van der Waals surface area contributed by atoms with E-state index in [1.807, 2.05) is 0 Å². The van der Waals surface area contributed by atoms with Gasteiger partial charge >= 0.3 is 5.97 Å². The first kappa shape index (κ1) is 13.8. The molecule has 0 radical (unpaired) electrons. The Morgan fingerprint density at radius 3 is 2.75 bits per heavy atom. The van der Waals surface area contributed by atoms with Crippen LogP contribution in [0.15, 0.2) is 24.5 Å². The largest absolute Gasteiger partial charge is 0.478 e. The first-order valence-electron chi connectivity index (χ1n) is 5.26. The van der Waals surface area contributed by atoms with E-state index < -0.39 is 22.1 Å². The average Bonchev–Trinajstić information content (AvgIpc) is 2.76. The van der Waals surface area contributed by atoms with Crippen molar-refractivity contribution >= 4 is 23.3 Å². The number of rotatable bonds is 4. The van der Waals surface area contributed by atoms with Crippen LogP contribution in [0, 0.1) is 10.1 Å². The van der Waals surface area contributed by atoms with Crippen molar-refractivity contribution in [3.05, 3.63) is 45.2 Å². The lowest BCUT2D eigenvalue weighted by molar-refractivity contribution is -0.384. The molecule has 1 aromatic carbocycles. The van der Waals surface area contributed by atoms with E-state index in [1.54, 1.807) is 7.05 Å². The molecule has 2 rings (SSSR count). The maximum absolute atomic E-state index is 11.2. The molecule has 0 fully saturated rings. The van der Waals surface area contributed by atoms with Gasteiger partial charge in [-0.2, -0.15) is 5.10 Å². The van der Waals surface area contributed by atoms with Crippen LogP contribution in [-0.4, -0.2) is 25.8 Å². The molecular formula is C11H8ClN3O5. The second-order valence-corrected chi connectivity index (χ2v) is 4.23. The fourth-order valence-electron chi connectivity index (χ4n) is 1.52. The lowest BCUT2D eigenvalue weighted by atomic mass is 10.2. The minimum absolute atomic E-state index is 0.166. The van der Waals surface area contributed by atoms with Crippen molar-refractivity contribution in [3.8, 4) is 11.5 Å². The third kappa shape index (κ3) is 2.69. The number of hydrogen-bond donors (Lipinski definition) is 1. The highest BCUT2D eigenvalue weighted by Gasteiger charge is 2.22. The first-order chi connectivity index (χ1) is 9.38. The van der Waals surface area contributed by atoms with Crippen LogP contribution in [0.3, 0.4) is 0 Å². The Labute approximate surface area is 117 Å². The van der Waals surface area contributed by atoms with Crippen LogP contribution < -0.4 is 4.74 Å². The van der Waals surface area contributed by atoms with Crippen molar-refractivity contribution in [1.82, 2.24) is 9.78 Å². The van der Waals surface area contributed by atoms with E-state index in [9.17, 15) is 14.9 Å². The number of benzene rings is 1. The number of carboxylic acids is 1. The number of carbonyl (C=O) groups is 1. The lowest BCUT2D eigenvalue weighted by Crippen LogP contribution is -2.02. The number of nitro groups is 1. The molecule has 0 aliphatic heterocycles. The molecule has 0 amide bonds. The van der Waals surface area contributed by atoms with Gasteiger partial charge in [-0.3, -0.25) is 14.8 Å². The van der Waals surface area contributed by atoms with Gasteiger partial charge in [0, 0.05) is 19.2 Å². The van der Waals surface area contributed by atoms with Crippen molar-refractivity contribution in [2.45, 2.75) is 0 Å². The second kappa shape index (κ2) is 5.17. The van der Waals surface area contributed by atoms with Crippen molar-refractivity contribution in [3.63, 3.8) is 0 Å². The maximum atomic E-state index is 11.2. The lowest BCUT2D eigenvalue weighted by Gasteiger charge is -2.08. The molecule has 1 heterocycles. The average molecular weight is 298 g/mol. The van der Waals surface area contributed by atoms with Gasteiger partial charge in [0.25, 0.3) is 5.69 Å². The summed E-state index contributed by atoms with van der Waals surface area (Å²) in [5.74, 6) is -1.28. The van der Waals surface area contributed by atoms with E-state index in [1.165, 1.54) is 17.1 Å². The van der Waals surface area contributed by atoms with Crippen LogP contribution in [0.2, 0.25) is 5.02 Å². The Balaban J connectivity index is 2.51. The van der Waals surface area contributed by atoms with Crippen LogP contribution in [0.25, 0.3) is 0 Å². The summed E-state index contributed by atoms with van der Waals surface area (Å²) in [6.07, 6.45) is 2.87. The van der Waals surface area contributed by atoms with E-state index in [0.29, 0.717) is 0 Å². The maximum Gasteiger partial charge on any atom is 0.339 e. The quantitative estimate of drug-likeness (QED) is 0.686. The van der Waals surface area contributed by atoms with Gasteiger partial charge in [-0.15, -0.1) is 0 Å². The SMILES string of the molecule is Cn1cc(Oc2c(Cl)cc([N+](=O)[O-])cc2C(=O)O)cn1. The van der Waals surface area contributed by atoms with E-state index in [0.717, 1.165) is 12.1 Å². The Bertz CT molecular complexity index is 697. The summed E-state index contributed by atoms with van der Waals surface area (Å²) < 4.78 is 6.79. The molecule has 0 saturated heterocycles. The molecule has 2 aromatic rings. The first-order valence-corrected chi connectivity index (χ1v) is 5.64. The minimum Gasteiger partial charge on any atom is -0.478 e. The predicted molar refractivity (Wildman–Crippen MR) is 68.3 cm³/mol. The van der Waals surface area contributed by atoms with Gasteiger partial charge in [0.05, 0.1) is 22.3 Å². The molecular weight excluding hydrogens is 290 g/mol. The zero-order valence-corrected chi connectivity index (χ0v) is 10.9. The van der Waals surface area contributed by atoms with Crippen molar-refractivity contribution in [2.24, 2.45) is 7.05 Å². The molecule has 0 bridgehead atoms. The van der Waals surface area contributed by atoms with Crippen molar-refractivity contribution in [1.29, 1.82) is 0 Å². The van der Waals surface area contributed by atoms with Crippen molar-refractivity contribution < 1.29 is 19.6 Å². The summed E-state index contributed by atoms with van der Waals surface area (Å²) in [4.78, 5) is 21.1. The van der Waals surface area contributed by atoms with Gasteiger partial charge in [-0.25, -0.2) is 4.79 Å². The highest BCUT2D eigenvalue weighted by atomic mass is 35.5. The Morgan fingerprint density at radius 2 is 2.25 bits per heavy atom. The Kier molecular flexibility index (Phi) is 3.57. The summed E-state index contributed by atoms with van der Waals surface area (Å²) >= 11 is 5.86. The molecule has 1 aromatic heterocycles. The molecule has 0 unspecified atom stereocenters. The standard InChI is InChI=1S/C11H8ClN3O5/c1-14-5-7(4-13-14)20-10-8(11(16)17)2-6(15(18)19)3-9(10)12/h2-5H,1H3,(H,16,17). The van der Waals surface area contributed by atoms with Gasteiger partial charge in [0.1, 0.15) is 5.56 Å². The topological polar surface area (TPSA) is 107 Å². The van der Waals surface area contributed by atoms with Gasteiger partial charge in [-0.1, -0.05) is 11.6 Å². The number of carboxylic acid groups (broad SMARTS) is 1. The summed E-state index contributed by atoms with van der Waals surface area (Å²) in [5.41, 5.74) is -0.820. The fraction of sp³-hybridized carbons (Fsp3) is 0.0909. The second-order valence-electron chi connectivity index (χ2n) is 3.82. The third-order valence-electron chi connectivity index (χ3n) is 2.37. The Morgan fingerprint density at radius 1 is 1.55 bits per heavy atom. The van der Waals surface area contributed by atoms with E-state index in [-0.39, 0.29) is 16.5 Å².